The first-order valence-corrected chi connectivity index (χ1v) is 7.75. The van der Waals surface area contributed by atoms with Gasteiger partial charge < -0.3 is 15.8 Å². The molecule has 0 aliphatic carbocycles. The number of ether oxygens (including phenoxy) is 1. The summed E-state index contributed by atoms with van der Waals surface area (Å²) in [6.45, 7) is 0.384. The van der Waals surface area contributed by atoms with E-state index in [1.54, 1.807) is 12.1 Å². The summed E-state index contributed by atoms with van der Waals surface area (Å²) in [5.74, 6) is 3.02. The number of nitrogens with two attached hydrogens (primary N) is 1. The number of hydrogen-bond acceptors (Lipinski definition) is 4. The molecule has 4 nitrogen and oxygen atoms in total. The number of nitrogens with one attached hydrogen (secondary N) is 1. The van der Waals surface area contributed by atoms with E-state index in [0.717, 1.165) is 12.2 Å². The van der Waals surface area contributed by atoms with Gasteiger partial charge in [-0.1, -0.05) is 6.07 Å². The van der Waals surface area contributed by atoms with Gasteiger partial charge in [-0.3, -0.25) is 4.79 Å². The number of hydrogen-bond donors (Lipinski definition) is 2. The van der Waals surface area contributed by atoms with Crippen LogP contribution in [0.3, 0.4) is 0 Å². The average Bonchev–Trinajstić information content (AvgIpc) is 2.40. The maximum Gasteiger partial charge on any atom is 0.223 e. The number of anilines is 1. The molecule has 1 amide bonds. The predicted octanol–water partition coefficient (Wildman–Crippen LogP) is 2.05. The second kappa shape index (κ2) is 7.28. The van der Waals surface area contributed by atoms with Crippen molar-refractivity contribution in [3.63, 3.8) is 0 Å². The summed E-state index contributed by atoms with van der Waals surface area (Å²) in [6.07, 6.45) is 2.67. The molecule has 0 saturated carbocycles. The van der Waals surface area contributed by atoms with E-state index in [9.17, 15) is 4.79 Å². The summed E-state index contributed by atoms with van der Waals surface area (Å²) in [5.41, 5.74) is 6.32. The van der Waals surface area contributed by atoms with E-state index in [1.807, 2.05) is 23.9 Å². The van der Waals surface area contributed by atoms with Crippen LogP contribution in [0.5, 0.6) is 5.75 Å². The number of thioether (sulfide) groups is 1. The van der Waals surface area contributed by atoms with Crippen molar-refractivity contribution in [3.8, 4) is 5.75 Å². The Labute approximate surface area is 118 Å². The van der Waals surface area contributed by atoms with Crippen molar-refractivity contribution in [2.24, 2.45) is 0 Å². The van der Waals surface area contributed by atoms with Crippen LogP contribution in [0.2, 0.25) is 0 Å². The lowest BCUT2D eigenvalue weighted by Gasteiger charge is -2.22. The van der Waals surface area contributed by atoms with Crippen molar-refractivity contribution in [1.82, 2.24) is 5.32 Å². The van der Waals surface area contributed by atoms with E-state index in [-0.39, 0.29) is 5.91 Å². The first-order valence-electron chi connectivity index (χ1n) is 6.59. The van der Waals surface area contributed by atoms with Crippen LogP contribution in [-0.4, -0.2) is 30.1 Å². The molecular formula is C14H20N2O2S. The summed E-state index contributed by atoms with van der Waals surface area (Å²) in [4.78, 5) is 11.7. The molecule has 1 saturated heterocycles. The molecule has 1 aliphatic rings. The maximum atomic E-state index is 11.7. The highest BCUT2D eigenvalue weighted by Crippen LogP contribution is 2.17. The topological polar surface area (TPSA) is 64.3 Å². The van der Waals surface area contributed by atoms with Crippen LogP contribution in [0, 0.1) is 0 Å². The number of carbonyl (C=O) groups excluding carboxylic acids is 1. The molecule has 1 aliphatic heterocycles. The van der Waals surface area contributed by atoms with Crippen LogP contribution in [0.4, 0.5) is 5.69 Å². The highest BCUT2D eigenvalue weighted by Gasteiger charge is 2.15. The van der Waals surface area contributed by atoms with Crippen LogP contribution in [-0.2, 0) is 4.79 Å². The minimum atomic E-state index is 0.0661. The molecule has 1 fully saturated rings. The van der Waals surface area contributed by atoms with Gasteiger partial charge in [0.05, 0.1) is 13.0 Å². The van der Waals surface area contributed by atoms with Gasteiger partial charge >= 0.3 is 0 Å². The van der Waals surface area contributed by atoms with Crippen LogP contribution in [0.15, 0.2) is 24.3 Å². The summed E-state index contributed by atoms with van der Waals surface area (Å²) >= 11 is 1.91. The third-order valence-corrected chi connectivity index (χ3v) is 4.20. The molecule has 104 valence electrons. The Hall–Kier alpha value is -1.36. The molecule has 0 radical (unpaired) electrons. The van der Waals surface area contributed by atoms with E-state index in [2.05, 4.69) is 5.32 Å². The third-order valence-electron chi connectivity index (χ3n) is 2.98. The van der Waals surface area contributed by atoms with Gasteiger partial charge in [-0.15, -0.1) is 0 Å². The number of carbonyl (C=O) groups is 1. The molecule has 1 unspecified atom stereocenters. The Bertz CT molecular complexity index is 420. The standard InChI is InChI=1S/C14H20N2O2S/c15-11-3-1-5-13(9-11)18-7-6-14(17)16-12-4-2-8-19-10-12/h1,3,5,9,12H,2,4,6-8,10,15H2,(H,16,17). The lowest BCUT2D eigenvalue weighted by atomic mass is 10.2. The van der Waals surface area contributed by atoms with E-state index in [0.29, 0.717) is 30.5 Å². The lowest BCUT2D eigenvalue weighted by Crippen LogP contribution is -2.38. The molecule has 0 bridgehead atoms. The van der Waals surface area contributed by atoms with Crippen molar-refractivity contribution >= 4 is 23.4 Å². The minimum absolute atomic E-state index is 0.0661. The van der Waals surface area contributed by atoms with E-state index < -0.39 is 0 Å². The fourth-order valence-corrected chi connectivity index (χ4v) is 3.09. The van der Waals surface area contributed by atoms with Gasteiger partial charge in [0.1, 0.15) is 5.75 Å². The molecule has 2 rings (SSSR count). The molecule has 19 heavy (non-hydrogen) atoms. The third kappa shape index (κ3) is 5.03. The number of nitrogen functional groups attached to an aromatic ring is 1. The van der Waals surface area contributed by atoms with Gasteiger partial charge in [0.2, 0.25) is 5.91 Å². The summed E-state index contributed by atoms with van der Waals surface area (Å²) in [6, 6.07) is 7.57. The number of amides is 1. The normalized spacial score (nSPS) is 18.8. The van der Waals surface area contributed by atoms with Crippen LogP contribution < -0.4 is 15.8 Å². The Morgan fingerprint density at radius 1 is 1.53 bits per heavy atom. The molecule has 0 spiro atoms. The first-order chi connectivity index (χ1) is 9.24. The molecule has 5 heteroatoms. The van der Waals surface area contributed by atoms with Crippen molar-refractivity contribution < 1.29 is 9.53 Å². The van der Waals surface area contributed by atoms with Gasteiger partial charge in [0.15, 0.2) is 0 Å². The van der Waals surface area contributed by atoms with Crippen LogP contribution in [0.1, 0.15) is 19.3 Å². The summed E-state index contributed by atoms with van der Waals surface area (Å²) < 4.78 is 5.50. The van der Waals surface area contributed by atoms with Gasteiger partial charge in [-0.05, 0) is 30.7 Å². The average molecular weight is 280 g/mol. The quantitative estimate of drug-likeness (QED) is 0.810. The Morgan fingerprint density at radius 3 is 3.16 bits per heavy atom. The smallest absolute Gasteiger partial charge is 0.223 e. The van der Waals surface area contributed by atoms with Crippen molar-refractivity contribution in [2.75, 3.05) is 23.8 Å². The zero-order valence-electron chi connectivity index (χ0n) is 10.9. The molecule has 1 aromatic rings. The maximum absolute atomic E-state index is 11.7. The number of rotatable bonds is 5. The highest BCUT2D eigenvalue weighted by molar-refractivity contribution is 7.99. The van der Waals surface area contributed by atoms with E-state index >= 15 is 0 Å². The molecular weight excluding hydrogens is 260 g/mol. The van der Waals surface area contributed by atoms with Crippen molar-refractivity contribution in [1.29, 1.82) is 0 Å². The minimum Gasteiger partial charge on any atom is -0.493 e. The van der Waals surface area contributed by atoms with Gasteiger partial charge in [0, 0.05) is 23.5 Å². The summed E-state index contributed by atoms with van der Waals surface area (Å²) in [7, 11) is 0. The molecule has 1 atom stereocenters. The second-order valence-corrected chi connectivity index (χ2v) is 5.80. The van der Waals surface area contributed by atoms with Gasteiger partial charge in [-0.2, -0.15) is 11.8 Å². The zero-order valence-corrected chi connectivity index (χ0v) is 11.7. The number of benzene rings is 1. The Morgan fingerprint density at radius 2 is 2.42 bits per heavy atom. The lowest BCUT2D eigenvalue weighted by molar-refractivity contribution is -0.122. The molecule has 0 aromatic heterocycles. The summed E-state index contributed by atoms with van der Waals surface area (Å²) in [5, 5.41) is 3.05. The Balaban J connectivity index is 1.66. The fourth-order valence-electron chi connectivity index (χ4n) is 2.02. The zero-order chi connectivity index (χ0) is 13.5. The molecule has 3 N–H and O–H groups in total. The Kier molecular flexibility index (Phi) is 5.39. The fraction of sp³-hybridized carbons (Fsp3) is 0.500. The van der Waals surface area contributed by atoms with Crippen molar-refractivity contribution in [2.45, 2.75) is 25.3 Å². The largest absolute Gasteiger partial charge is 0.493 e. The predicted molar refractivity (Wildman–Crippen MR) is 79.5 cm³/mol. The van der Waals surface area contributed by atoms with E-state index in [1.165, 1.54) is 12.2 Å². The first kappa shape index (κ1) is 14.1. The highest BCUT2D eigenvalue weighted by atomic mass is 32.2. The second-order valence-electron chi connectivity index (χ2n) is 4.65. The molecule has 1 aromatic carbocycles. The van der Waals surface area contributed by atoms with Crippen molar-refractivity contribution in [3.05, 3.63) is 24.3 Å². The SMILES string of the molecule is Nc1cccc(OCCC(=O)NC2CCCSC2)c1. The van der Waals surface area contributed by atoms with Crippen LogP contribution >= 0.6 is 11.8 Å². The van der Waals surface area contributed by atoms with Gasteiger partial charge in [-0.25, -0.2) is 0 Å². The van der Waals surface area contributed by atoms with E-state index in [4.69, 9.17) is 10.5 Å². The van der Waals surface area contributed by atoms with Gasteiger partial charge in [0.25, 0.3) is 0 Å². The monoisotopic (exact) mass is 280 g/mol. The van der Waals surface area contributed by atoms with Crippen LogP contribution in [0.25, 0.3) is 0 Å². The molecule has 1 heterocycles.